The third kappa shape index (κ3) is 8.89. The van der Waals surface area contributed by atoms with Crippen molar-refractivity contribution in [1.82, 2.24) is 10.9 Å². The van der Waals surface area contributed by atoms with Gasteiger partial charge >= 0.3 is 0 Å². The zero-order chi connectivity index (χ0) is 41.3. The Morgan fingerprint density at radius 2 is 1.50 bits per heavy atom. The van der Waals surface area contributed by atoms with E-state index < -0.39 is 0 Å². The standard InChI is InChI=1S/C43H57N3O3.2C2H6.CH3NO/c1-40(2)35-17-20-41(3)33-16-23-43(19-7-12-34(43)32(33)13-14-36(41)42(35,4)21-18-37(40)47)22-15-28-8-6-11-31(25-28)39(49)46-45-38(48)26-29-9-5-10-30(24-29)27-44;2*1-2;2-1-3/h5-6,8-11,24-25,32-37,47H,7,12-23,26H2,1-4H3,(H,45,48)(H,46,49);2*1-2H3;1H,(H2,2,3). The lowest BCUT2D eigenvalue weighted by Gasteiger charge is -2.69. The number of fused-ring (bicyclic) bond motifs is 7. The minimum atomic E-state index is -0.326. The molecule has 9 atom stereocenters. The van der Waals surface area contributed by atoms with Gasteiger partial charge in [-0.3, -0.25) is 25.2 Å². The molecule has 5 aliphatic rings. The minimum Gasteiger partial charge on any atom is -0.393 e. The summed E-state index contributed by atoms with van der Waals surface area (Å²) in [5.41, 5.74) is 13.5. The van der Waals surface area contributed by atoms with Gasteiger partial charge in [0.15, 0.2) is 0 Å². The first-order chi connectivity index (χ1) is 26.8. The molecule has 3 amide bonds. The predicted octanol–water partition coefficient (Wildman–Crippen LogP) is 9.47. The van der Waals surface area contributed by atoms with Gasteiger partial charge in [0.1, 0.15) is 0 Å². The number of nitrogens with two attached hydrogens (primary N) is 1. The Hall–Kier alpha value is -3.70. The van der Waals surface area contributed by atoms with Gasteiger partial charge in [-0.15, -0.1) is 0 Å². The molecule has 2 aromatic rings. The summed E-state index contributed by atoms with van der Waals surface area (Å²) < 4.78 is 0. The molecular weight excluding hydrogens is 697 g/mol. The van der Waals surface area contributed by atoms with Crippen molar-refractivity contribution in [2.24, 2.45) is 57.0 Å². The predicted molar refractivity (Wildman–Crippen MR) is 225 cm³/mol. The summed E-state index contributed by atoms with van der Waals surface area (Å²) in [6.07, 6.45) is 16.6. The van der Waals surface area contributed by atoms with Crippen molar-refractivity contribution in [2.75, 3.05) is 0 Å². The molecule has 5 fully saturated rings. The number of amides is 3. The van der Waals surface area contributed by atoms with Crippen LogP contribution in [0.25, 0.3) is 0 Å². The quantitative estimate of drug-likeness (QED) is 0.171. The first kappa shape index (κ1) is 45.0. The number of primary amides is 1. The lowest BCUT2D eigenvalue weighted by Crippen LogP contribution is -2.63. The van der Waals surface area contributed by atoms with Crippen molar-refractivity contribution >= 4 is 18.2 Å². The maximum Gasteiger partial charge on any atom is 0.269 e. The number of benzene rings is 2. The van der Waals surface area contributed by atoms with E-state index >= 15 is 0 Å². The van der Waals surface area contributed by atoms with Gasteiger partial charge in [-0.1, -0.05) is 86.1 Å². The number of aliphatic hydroxyl groups excluding tert-OH is 1. The average molecular weight is 769 g/mol. The molecule has 8 heteroatoms. The summed E-state index contributed by atoms with van der Waals surface area (Å²) in [5.74, 6) is 3.23. The first-order valence-corrected chi connectivity index (χ1v) is 21.8. The Kier molecular flexibility index (Phi) is 15.4. The van der Waals surface area contributed by atoms with Gasteiger partial charge in [0.25, 0.3) is 5.91 Å². The van der Waals surface area contributed by atoms with E-state index in [0.717, 1.165) is 42.1 Å². The van der Waals surface area contributed by atoms with Crippen molar-refractivity contribution in [2.45, 2.75) is 151 Å². The largest absolute Gasteiger partial charge is 0.393 e. The molecule has 0 heterocycles. The van der Waals surface area contributed by atoms with E-state index in [0.29, 0.717) is 33.3 Å². The molecule has 9 unspecified atom stereocenters. The van der Waals surface area contributed by atoms with Crippen LogP contribution in [-0.4, -0.2) is 29.4 Å². The number of rotatable bonds is 6. The first-order valence-electron chi connectivity index (χ1n) is 21.8. The second kappa shape index (κ2) is 19.2. The van der Waals surface area contributed by atoms with Crippen LogP contribution >= 0.6 is 0 Å². The van der Waals surface area contributed by atoms with Crippen LogP contribution in [0.4, 0.5) is 0 Å². The number of nitriles is 1. The zero-order valence-electron chi connectivity index (χ0n) is 35.8. The van der Waals surface area contributed by atoms with Crippen LogP contribution in [0, 0.1) is 62.6 Å². The third-order valence-electron chi connectivity index (χ3n) is 15.5. The second-order valence-electron chi connectivity index (χ2n) is 18.1. The summed E-state index contributed by atoms with van der Waals surface area (Å²) in [6.45, 7) is 18.0. The molecule has 0 bridgehead atoms. The maximum absolute atomic E-state index is 13.0. The van der Waals surface area contributed by atoms with Gasteiger partial charge in [0, 0.05) is 5.56 Å². The van der Waals surface area contributed by atoms with Crippen LogP contribution in [0.2, 0.25) is 0 Å². The Bertz CT molecular complexity index is 1680. The van der Waals surface area contributed by atoms with Crippen LogP contribution in [-0.2, 0) is 22.4 Å². The summed E-state index contributed by atoms with van der Waals surface area (Å²) in [5, 5.41) is 20.1. The highest BCUT2D eigenvalue weighted by Gasteiger charge is 2.66. The van der Waals surface area contributed by atoms with Crippen molar-refractivity contribution in [1.29, 1.82) is 5.26 Å². The van der Waals surface area contributed by atoms with Crippen LogP contribution in [0.1, 0.15) is 159 Å². The highest BCUT2D eigenvalue weighted by molar-refractivity contribution is 5.95. The number of aryl methyl sites for hydroxylation is 1. The van der Waals surface area contributed by atoms with E-state index in [1.165, 1.54) is 76.2 Å². The van der Waals surface area contributed by atoms with E-state index in [9.17, 15) is 14.7 Å². The van der Waals surface area contributed by atoms with Gasteiger partial charge < -0.3 is 10.8 Å². The third-order valence-corrected chi connectivity index (χ3v) is 15.5. The van der Waals surface area contributed by atoms with Gasteiger partial charge in [-0.25, -0.2) is 0 Å². The second-order valence-corrected chi connectivity index (χ2v) is 18.1. The van der Waals surface area contributed by atoms with Crippen LogP contribution in [0.5, 0.6) is 0 Å². The molecule has 56 heavy (non-hydrogen) atoms. The normalized spacial score (nSPS) is 33.1. The number of carbonyl (C=O) groups excluding carboxylic acids is 3. The van der Waals surface area contributed by atoms with Crippen molar-refractivity contribution in [3.63, 3.8) is 0 Å². The zero-order valence-corrected chi connectivity index (χ0v) is 35.8. The number of hydrazine groups is 1. The molecule has 308 valence electrons. The molecule has 2 aromatic carbocycles. The molecule has 0 saturated heterocycles. The van der Waals surface area contributed by atoms with Gasteiger partial charge in [0.2, 0.25) is 12.3 Å². The lowest BCUT2D eigenvalue weighted by molar-refractivity contribution is -0.214. The summed E-state index contributed by atoms with van der Waals surface area (Å²) >= 11 is 0. The lowest BCUT2D eigenvalue weighted by atomic mass is 9.36. The minimum absolute atomic E-state index is 0.0105. The van der Waals surface area contributed by atoms with E-state index in [4.69, 9.17) is 10.1 Å². The van der Waals surface area contributed by atoms with E-state index in [1.54, 1.807) is 24.3 Å². The smallest absolute Gasteiger partial charge is 0.269 e. The number of nitrogens with zero attached hydrogens (tertiary/aromatic N) is 1. The molecule has 0 radical (unpaired) electrons. The highest BCUT2D eigenvalue weighted by Crippen LogP contribution is 2.73. The average Bonchev–Trinajstić information content (AvgIpc) is 3.64. The Morgan fingerprint density at radius 1 is 0.821 bits per heavy atom. The van der Waals surface area contributed by atoms with E-state index in [1.807, 2.05) is 45.9 Å². The molecule has 0 spiro atoms. The molecular formula is C48H72N4O4. The molecule has 0 aliphatic heterocycles. The SMILES string of the molecule is CC.CC.CC1(C)C(O)CCC2(C)C1CCC1(C)C3CCC4(CCc5cccc(C(=O)NNC(=O)Cc6cccc(C#N)c6)c5)CCCC4C3CCC12.NC=O. The van der Waals surface area contributed by atoms with Crippen molar-refractivity contribution < 1.29 is 19.5 Å². The van der Waals surface area contributed by atoms with Crippen LogP contribution in [0.3, 0.4) is 0 Å². The molecule has 0 aromatic heterocycles. The maximum atomic E-state index is 13.0. The van der Waals surface area contributed by atoms with Gasteiger partial charge in [0.05, 0.1) is 24.2 Å². The highest BCUT2D eigenvalue weighted by atomic mass is 16.3. The number of aliphatic hydroxyl groups is 1. The fourth-order valence-corrected chi connectivity index (χ4v) is 13.2. The molecule has 5 saturated carbocycles. The number of hydrogen-bond acceptors (Lipinski definition) is 5. The van der Waals surface area contributed by atoms with Crippen molar-refractivity contribution in [3.05, 3.63) is 70.8 Å². The fraction of sp³-hybridized carbons (Fsp3) is 0.667. The van der Waals surface area contributed by atoms with Crippen LogP contribution in [0.15, 0.2) is 48.5 Å². The Labute approximate surface area is 338 Å². The molecule has 8 nitrogen and oxygen atoms in total. The Morgan fingerprint density at radius 3 is 2.21 bits per heavy atom. The molecule has 5 aliphatic carbocycles. The number of hydrogen-bond donors (Lipinski definition) is 4. The van der Waals surface area contributed by atoms with Gasteiger partial charge in [-0.05, 0) is 164 Å². The summed E-state index contributed by atoms with van der Waals surface area (Å²) in [4.78, 5) is 34.1. The monoisotopic (exact) mass is 769 g/mol. The molecule has 5 N–H and O–H groups in total. The summed E-state index contributed by atoms with van der Waals surface area (Å²) in [7, 11) is 0. The van der Waals surface area contributed by atoms with Crippen molar-refractivity contribution in [3.8, 4) is 6.07 Å². The number of carbonyl (C=O) groups is 3. The number of nitrogens with one attached hydrogen (secondary N) is 2. The van der Waals surface area contributed by atoms with E-state index in [-0.39, 0.29) is 36.2 Å². The fourth-order valence-electron chi connectivity index (χ4n) is 13.2. The van der Waals surface area contributed by atoms with E-state index in [2.05, 4.69) is 56.4 Å². The topological polar surface area (TPSA) is 145 Å². The van der Waals surface area contributed by atoms with Crippen LogP contribution < -0.4 is 16.6 Å². The Balaban J connectivity index is 0.000000936. The summed E-state index contributed by atoms with van der Waals surface area (Å²) in [6, 6.07) is 17.0. The van der Waals surface area contributed by atoms with Gasteiger partial charge in [-0.2, -0.15) is 5.26 Å². The molecule has 7 rings (SSSR count).